The molecular formula is C13H8Br2FN3. The van der Waals surface area contributed by atoms with Crippen LogP contribution in [0.1, 0.15) is 5.56 Å². The van der Waals surface area contributed by atoms with Gasteiger partial charge in [-0.1, -0.05) is 15.9 Å². The number of nitrogens with zero attached hydrogens (tertiary/aromatic N) is 1. The molecule has 0 atom stereocenters. The Labute approximate surface area is 126 Å². The van der Waals surface area contributed by atoms with Gasteiger partial charge in [0.15, 0.2) is 0 Å². The number of benzene rings is 2. The minimum absolute atomic E-state index is 0.268. The molecule has 0 heterocycles. The number of anilines is 3. The number of hydrogen-bond donors (Lipinski definition) is 2. The molecule has 0 aromatic heterocycles. The summed E-state index contributed by atoms with van der Waals surface area (Å²) < 4.78 is 14.4. The lowest BCUT2D eigenvalue weighted by atomic mass is 10.2. The first kappa shape index (κ1) is 13.8. The maximum Gasteiger partial charge on any atom is 0.139 e. The van der Waals surface area contributed by atoms with Crippen LogP contribution in [-0.4, -0.2) is 0 Å². The highest BCUT2D eigenvalue weighted by atomic mass is 79.9. The molecule has 3 nitrogen and oxygen atoms in total. The third-order valence-electron chi connectivity index (χ3n) is 2.46. The fraction of sp³-hybridized carbons (Fsp3) is 0. The first-order valence-corrected chi connectivity index (χ1v) is 6.81. The first-order valence-electron chi connectivity index (χ1n) is 5.22. The van der Waals surface area contributed by atoms with Crippen molar-refractivity contribution < 1.29 is 4.39 Å². The lowest BCUT2D eigenvalue weighted by Crippen LogP contribution is -1.99. The molecule has 0 spiro atoms. The molecule has 0 bridgehead atoms. The number of nitrogens with two attached hydrogens (primary N) is 1. The molecule has 0 aliphatic heterocycles. The van der Waals surface area contributed by atoms with Crippen LogP contribution in [-0.2, 0) is 0 Å². The van der Waals surface area contributed by atoms with Crippen LogP contribution in [0.5, 0.6) is 0 Å². The van der Waals surface area contributed by atoms with Crippen LogP contribution in [0.2, 0.25) is 0 Å². The Morgan fingerprint density at radius 3 is 2.58 bits per heavy atom. The average molecular weight is 385 g/mol. The Kier molecular flexibility index (Phi) is 4.08. The van der Waals surface area contributed by atoms with Crippen molar-refractivity contribution in [3.05, 3.63) is 50.7 Å². The topological polar surface area (TPSA) is 61.8 Å². The van der Waals surface area contributed by atoms with Gasteiger partial charge >= 0.3 is 0 Å². The molecule has 0 radical (unpaired) electrons. The fourth-order valence-electron chi connectivity index (χ4n) is 1.53. The zero-order valence-corrected chi connectivity index (χ0v) is 12.7. The molecule has 0 amide bonds. The van der Waals surface area contributed by atoms with E-state index in [-0.39, 0.29) is 5.69 Å². The van der Waals surface area contributed by atoms with E-state index in [1.807, 2.05) is 0 Å². The zero-order chi connectivity index (χ0) is 14.0. The third-order valence-corrected chi connectivity index (χ3v) is 3.56. The molecule has 2 rings (SSSR count). The summed E-state index contributed by atoms with van der Waals surface area (Å²) in [6.45, 7) is 0. The van der Waals surface area contributed by atoms with Crippen molar-refractivity contribution in [1.82, 2.24) is 0 Å². The van der Waals surface area contributed by atoms with Crippen molar-refractivity contribution in [2.24, 2.45) is 0 Å². The van der Waals surface area contributed by atoms with E-state index in [2.05, 4.69) is 43.2 Å². The molecule has 0 aliphatic rings. The fourth-order valence-corrected chi connectivity index (χ4v) is 2.24. The van der Waals surface area contributed by atoms with Gasteiger partial charge < -0.3 is 11.1 Å². The van der Waals surface area contributed by atoms with E-state index in [1.54, 1.807) is 18.2 Å². The number of hydrogen-bond acceptors (Lipinski definition) is 3. The van der Waals surface area contributed by atoms with E-state index in [4.69, 9.17) is 11.0 Å². The molecule has 6 heteroatoms. The lowest BCUT2D eigenvalue weighted by Gasteiger charge is -2.12. The smallest absolute Gasteiger partial charge is 0.139 e. The summed E-state index contributed by atoms with van der Waals surface area (Å²) in [7, 11) is 0. The van der Waals surface area contributed by atoms with Gasteiger partial charge in [-0.25, -0.2) is 4.39 Å². The molecule has 0 saturated carbocycles. The largest absolute Gasteiger partial charge is 0.397 e. The van der Waals surface area contributed by atoms with Gasteiger partial charge in [0.25, 0.3) is 0 Å². The second kappa shape index (κ2) is 5.59. The summed E-state index contributed by atoms with van der Waals surface area (Å²) in [6.07, 6.45) is 0. The second-order valence-corrected chi connectivity index (χ2v) is 5.55. The molecule has 0 saturated heterocycles. The maximum atomic E-state index is 13.3. The number of nitrogens with one attached hydrogen (secondary N) is 1. The summed E-state index contributed by atoms with van der Waals surface area (Å²) in [5.41, 5.74) is 7.62. The highest BCUT2D eigenvalue weighted by Gasteiger charge is 2.09. The first-order chi connectivity index (χ1) is 9.01. The molecule has 19 heavy (non-hydrogen) atoms. The Balaban J connectivity index is 2.45. The van der Waals surface area contributed by atoms with Crippen LogP contribution >= 0.6 is 31.9 Å². The van der Waals surface area contributed by atoms with Crippen LogP contribution < -0.4 is 11.1 Å². The summed E-state index contributed by atoms with van der Waals surface area (Å²) in [4.78, 5) is 0. The molecule has 3 N–H and O–H groups in total. The standard InChI is InChI=1S/C13H8Br2FN3/c14-8-2-1-7(6-17)12(3-8)19-13-4-9(15)10(16)5-11(13)18/h1-5,19H,18H2. The molecular weight excluding hydrogens is 377 g/mol. The van der Waals surface area contributed by atoms with Gasteiger partial charge in [0.1, 0.15) is 11.9 Å². The van der Waals surface area contributed by atoms with Gasteiger partial charge in [-0.3, -0.25) is 0 Å². The van der Waals surface area contributed by atoms with Crippen LogP contribution in [0, 0.1) is 17.1 Å². The highest BCUT2D eigenvalue weighted by molar-refractivity contribution is 9.10. The van der Waals surface area contributed by atoms with Crippen LogP contribution in [0.4, 0.5) is 21.5 Å². The zero-order valence-electron chi connectivity index (χ0n) is 9.55. The van der Waals surface area contributed by atoms with Gasteiger partial charge in [-0.15, -0.1) is 0 Å². The predicted octanol–water partition coefficient (Wildman–Crippen LogP) is 4.55. The summed E-state index contributed by atoms with van der Waals surface area (Å²) in [6, 6.07) is 10.0. The number of rotatable bonds is 2. The minimum Gasteiger partial charge on any atom is -0.397 e. The predicted molar refractivity (Wildman–Crippen MR) is 80.7 cm³/mol. The molecule has 0 unspecified atom stereocenters. The molecule has 2 aromatic rings. The van der Waals surface area contributed by atoms with Crippen molar-refractivity contribution in [3.8, 4) is 6.07 Å². The Hall–Kier alpha value is -1.58. The van der Waals surface area contributed by atoms with E-state index < -0.39 is 5.82 Å². The van der Waals surface area contributed by atoms with Crippen molar-refractivity contribution >= 4 is 48.9 Å². The van der Waals surface area contributed by atoms with Gasteiger partial charge in [-0.05, 0) is 40.2 Å². The number of halogens is 3. The van der Waals surface area contributed by atoms with Gasteiger partial charge in [0.2, 0.25) is 0 Å². The third kappa shape index (κ3) is 3.06. The van der Waals surface area contributed by atoms with E-state index >= 15 is 0 Å². The van der Waals surface area contributed by atoms with Crippen LogP contribution in [0.25, 0.3) is 0 Å². The number of nitriles is 1. The monoisotopic (exact) mass is 383 g/mol. The average Bonchev–Trinajstić information content (AvgIpc) is 2.36. The second-order valence-electron chi connectivity index (χ2n) is 3.78. The molecule has 2 aromatic carbocycles. The lowest BCUT2D eigenvalue weighted by molar-refractivity contribution is 0.622. The van der Waals surface area contributed by atoms with Crippen molar-refractivity contribution in [2.75, 3.05) is 11.1 Å². The van der Waals surface area contributed by atoms with E-state index in [9.17, 15) is 4.39 Å². The quantitative estimate of drug-likeness (QED) is 0.746. The Bertz CT molecular complexity index is 680. The summed E-state index contributed by atoms with van der Waals surface area (Å²) in [5, 5.41) is 12.1. The minimum atomic E-state index is -0.433. The molecule has 96 valence electrons. The van der Waals surface area contributed by atoms with Gasteiger partial charge in [-0.2, -0.15) is 5.26 Å². The van der Waals surface area contributed by atoms with Crippen molar-refractivity contribution in [2.45, 2.75) is 0 Å². The van der Waals surface area contributed by atoms with E-state index in [1.165, 1.54) is 12.1 Å². The Morgan fingerprint density at radius 1 is 1.16 bits per heavy atom. The highest BCUT2D eigenvalue weighted by Crippen LogP contribution is 2.31. The van der Waals surface area contributed by atoms with Gasteiger partial charge in [0.05, 0.1) is 27.1 Å². The van der Waals surface area contributed by atoms with Crippen molar-refractivity contribution in [3.63, 3.8) is 0 Å². The van der Waals surface area contributed by atoms with Crippen LogP contribution in [0.15, 0.2) is 39.3 Å². The summed E-state index contributed by atoms with van der Waals surface area (Å²) in [5.74, 6) is -0.433. The van der Waals surface area contributed by atoms with Crippen LogP contribution in [0.3, 0.4) is 0 Å². The van der Waals surface area contributed by atoms with Crippen molar-refractivity contribution in [1.29, 1.82) is 5.26 Å². The summed E-state index contributed by atoms with van der Waals surface area (Å²) >= 11 is 6.43. The van der Waals surface area contributed by atoms with E-state index in [0.717, 1.165) is 4.47 Å². The Morgan fingerprint density at radius 2 is 1.89 bits per heavy atom. The normalized spacial score (nSPS) is 10.0. The molecule has 0 fully saturated rings. The van der Waals surface area contributed by atoms with E-state index in [0.29, 0.717) is 21.4 Å². The number of nitrogen functional groups attached to an aromatic ring is 1. The molecule has 0 aliphatic carbocycles. The maximum absolute atomic E-state index is 13.3. The van der Waals surface area contributed by atoms with Gasteiger partial charge in [0, 0.05) is 10.5 Å². The SMILES string of the molecule is N#Cc1ccc(Br)cc1Nc1cc(Br)c(F)cc1N.